The van der Waals surface area contributed by atoms with Crippen molar-refractivity contribution in [3.8, 4) is 0 Å². The molecular formula is C4H11NO2. The molecule has 0 spiro atoms. The van der Waals surface area contributed by atoms with Gasteiger partial charge in [0.15, 0.2) is 0 Å². The van der Waals surface area contributed by atoms with E-state index in [0.29, 0.717) is 0 Å². The summed E-state index contributed by atoms with van der Waals surface area (Å²) in [4.78, 5) is 0. The normalized spacial score (nSPS) is 18.9. The number of hydrogen-bond donors (Lipinski definition) is 2. The van der Waals surface area contributed by atoms with Crippen LogP contribution in [0.15, 0.2) is 0 Å². The number of methoxy groups -OCH3 is 1. The molecule has 3 nitrogen and oxygen atoms in total. The summed E-state index contributed by atoms with van der Waals surface area (Å²) in [7, 11) is 1.50. The average molecular weight is 105 g/mol. The van der Waals surface area contributed by atoms with Crippen LogP contribution in [0, 0.1) is 0 Å². The first-order chi connectivity index (χ1) is 3.18. The summed E-state index contributed by atoms with van der Waals surface area (Å²) in [6, 6.07) is 0. The molecular weight excluding hydrogens is 94.0 g/mol. The van der Waals surface area contributed by atoms with Crippen molar-refractivity contribution in [2.75, 3.05) is 7.11 Å². The van der Waals surface area contributed by atoms with Crippen LogP contribution >= 0.6 is 0 Å². The zero-order valence-electron chi connectivity index (χ0n) is 4.59. The van der Waals surface area contributed by atoms with E-state index in [1.807, 2.05) is 0 Å². The number of nitrogens with two attached hydrogens (primary N) is 1. The van der Waals surface area contributed by atoms with Gasteiger partial charge in [0.05, 0.1) is 6.10 Å². The van der Waals surface area contributed by atoms with Crippen LogP contribution in [-0.2, 0) is 4.74 Å². The molecule has 0 aromatic rings. The third-order valence-corrected chi connectivity index (χ3v) is 0.853. The molecule has 0 aliphatic rings. The molecule has 7 heavy (non-hydrogen) atoms. The maximum atomic E-state index is 8.47. The van der Waals surface area contributed by atoms with Gasteiger partial charge in [-0.15, -0.1) is 0 Å². The van der Waals surface area contributed by atoms with E-state index in [1.54, 1.807) is 6.92 Å². The lowest BCUT2D eigenvalue weighted by Gasteiger charge is -2.10. The van der Waals surface area contributed by atoms with Crippen LogP contribution in [0.2, 0.25) is 0 Å². The fraction of sp³-hybridized carbons (Fsp3) is 1.00. The van der Waals surface area contributed by atoms with Crippen LogP contribution < -0.4 is 5.73 Å². The van der Waals surface area contributed by atoms with Crippen LogP contribution in [0.1, 0.15) is 6.92 Å². The van der Waals surface area contributed by atoms with Crippen molar-refractivity contribution in [1.29, 1.82) is 0 Å². The van der Waals surface area contributed by atoms with Crippen LogP contribution in [0.3, 0.4) is 0 Å². The summed E-state index contributed by atoms with van der Waals surface area (Å²) in [6.45, 7) is 1.70. The third-order valence-electron chi connectivity index (χ3n) is 0.853. The van der Waals surface area contributed by atoms with Crippen LogP contribution in [0.4, 0.5) is 0 Å². The SMILES string of the molecule is COC(C)C(N)O. The lowest BCUT2D eigenvalue weighted by atomic mass is 10.4. The summed E-state index contributed by atoms with van der Waals surface area (Å²) in [5.74, 6) is 0. The van der Waals surface area contributed by atoms with E-state index in [1.165, 1.54) is 7.11 Å². The van der Waals surface area contributed by atoms with Gasteiger partial charge in [0.25, 0.3) is 0 Å². The molecule has 0 aromatic carbocycles. The first kappa shape index (κ1) is 6.88. The summed E-state index contributed by atoms with van der Waals surface area (Å²) < 4.78 is 4.64. The highest BCUT2D eigenvalue weighted by Crippen LogP contribution is 1.87. The summed E-state index contributed by atoms with van der Waals surface area (Å²) in [6.07, 6.45) is -1.12. The minimum absolute atomic E-state index is 0.264. The smallest absolute Gasteiger partial charge is 0.128 e. The maximum absolute atomic E-state index is 8.47. The lowest BCUT2D eigenvalue weighted by molar-refractivity contribution is 0.00351. The van der Waals surface area contributed by atoms with Crippen molar-refractivity contribution < 1.29 is 9.84 Å². The molecule has 0 fully saturated rings. The second-order valence-electron chi connectivity index (χ2n) is 1.43. The largest absolute Gasteiger partial charge is 0.378 e. The predicted molar refractivity (Wildman–Crippen MR) is 26.7 cm³/mol. The Morgan fingerprint density at radius 2 is 2.14 bits per heavy atom. The van der Waals surface area contributed by atoms with Gasteiger partial charge in [0.2, 0.25) is 0 Å². The Morgan fingerprint density at radius 3 is 2.14 bits per heavy atom. The standard InChI is InChI=1S/C4H11NO2/c1-3(7-2)4(5)6/h3-4,6H,5H2,1-2H3. The van der Waals surface area contributed by atoms with Crippen molar-refractivity contribution in [1.82, 2.24) is 0 Å². The van der Waals surface area contributed by atoms with Gasteiger partial charge in [-0.25, -0.2) is 0 Å². The topological polar surface area (TPSA) is 55.5 Å². The second kappa shape index (κ2) is 2.96. The molecule has 0 amide bonds. The number of aliphatic hydroxyl groups is 1. The minimum Gasteiger partial charge on any atom is -0.378 e. The minimum atomic E-state index is -0.856. The zero-order valence-corrected chi connectivity index (χ0v) is 4.59. The van der Waals surface area contributed by atoms with Crippen LogP contribution in [0.5, 0.6) is 0 Å². The molecule has 2 unspecified atom stereocenters. The van der Waals surface area contributed by atoms with Crippen molar-refractivity contribution in [3.63, 3.8) is 0 Å². The van der Waals surface area contributed by atoms with Gasteiger partial charge >= 0.3 is 0 Å². The van der Waals surface area contributed by atoms with E-state index < -0.39 is 6.23 Å². The molecule has 0 aromatic heterocycles. The van der Waals surface area contributed by atoms with Gasteiger partial charge in [-0.3, -0.25) is 0 Å². The van der Waals surface area contributed by atoms with Gasteiger partial charge in [-0.05, 0) is 6.92 Å². The Balaban J connectivity index is 3.14. The second-order valence-corrected chi connectivity index (χ2v) is 1.43. The first-order valence-corrected chi connectivity index (χ1v) is 2.15. The number of ether oxygens (including phenoxy) is 1. The van der Waals surface area contributed by atoms with E-state index in [4.69, 9.17) is 10.8 Å². The van der Waals surface area contributed by atoms with E-state index in [0.717, 1.165) is 0 Å². The Labute approximate surface area is 43.1 Å². The maximum Gasteiger partial charge on any atom is 0.128 e. The van der Waals surface area contributed by atoms with Crippen molar-refractivity contribution in [2.45, 2.75) is 19.3 Å². The van der Waals surface area contributed by atoms with Crippen molar-refractivity contribution in [3.05, 3.63) is 0 Å². The van der Waals surface area contributed by atoms with Crippen molar-refractivity contribution in [2.24, 2.45) is 5.73 Å². The van der Waals surface area contributed by atoms with Gasteiger partial charge in [-0.1, -0.05) is 0 Å². The Hall–Kier alpha value is -0.120. The van der Waals surface area contributed by atoms with E-state index >= 15 is 0 Å². The molecule has 0 bridgehead atoms. The predicted octanol–water partition coefficient (Wildman–Crippen LogP) is -0.702. The third kappa shape index (κ3) is 2.56. The summed E-state index contributed by atoms with van der Waals surface area (Å²) in [5, 5.41) is 8.47. The molecule has 0 saturated carbocycles. The summed E-state index contributed by atoms with van der Waals surface area (Å²) in [5.41, 5.74) is 4.98. The van der Waals surface area contributed by atoms with Crippen LogP contribution in [0.25, 0.3) is 0 Å². The molecule has 44 valence electrons. The monoisotopic (exact) mass is 105 g/mol. The molecule has 0 saturated heterocycles. The zero-order chi connectivity index (χ0) is 5.86. The molecule has 3 N–H and O–H groups in total. The highest BCUT2D eigenvalue weighted by molar-refractivity contribution is 4.52. The molecule has 2 atom stereocenters. The lowest BCUT2D eigenvalue weighted by Crippen LogP contribution is -2.32. The van der Waals surface area contributed by atoms with Gasteiger partial charge < -0.3 is 15.6 Å². The molecule has 0 radical (unpaired) electrons. The summed E-state index contributed by atoms with van der Waals surface area (Å²) >= 11 is 0. The molecule has 3 heteroatoms. The Morgan fingerprint density at radius 1 is 1.71 bits per heavy atom. The van der Waals surface area contributed by atoms with Gasteiger partial charge in [0.1, 0.15) is 6.23 Å². The fourth-order valence-corrected chi connectivity index (χ4v) is 0.139. The molecule has 0 heterocycles. The quantitative estimate of drug-likeness (QED) is 0.456. The molecule has 0 aliphatic heterocycles. The van der Waals surface area contributed by atoms with E-state index in [2.05, 4.69) is 4.74 Å². The highest BCUT2D eigenvalue weighted by atomic mass is 16.5. The molecule has 0 rings (SSSR count). The van der Waals surface area contributed by atoms with Gasteiger partial charge in [-0.2, -0.15) is 0 Å². The van der Waals surface area contributed by atoms with E-state index in [9.17, 15) is 0 Å². The number of hydrogen-bond acceptors (Lipinski definition) is 3. The van der Waals surface area contributed by atoms with Crippen LogP contribution in [-0.4, -0.2) is 24.5 Å². The number of rotatable bonds is 2. The van der Waals surface area contributed by atoms with Gasteiger partial charge in [0, 0.05) is 7.11 Å². The number of aliphatic hydroxyl groups excluding tert-OH is 1. The highest BCUT2D eigenvalue weighted by Gasteiger charge is 2.04. The first-order valence-electron chi connectivity index (χ1n) is 2.15. The molecule has 0 aliphatic carbocycles. The average Bonchev–Trinajstić information content (AvgIpc) is 1.65. The fourth-order valence-electron chi connectivity index (χ4n) is 0.139. The van der Waals surface area contributed by atoms with E-state index in [-0.39, 0.29) is 6.10 Å². The van der Waals surface area contributed by atoms with Crippen molar-refractivity contribution >= 4 is 0 Å². The Kier molecular flexibility index (Phi) is 2.91. The Bertz CT molecular complexity index is 47.0.